The molecule has 2 aliphatic rings. The van der Waals surface area contributed by atoms with Gasteiger partial charge in [0.1, 0.15) is 6.07 Å². The van der Waals surface area contributed by atoms with Crippen molar-refractivity contribution in [2.45, 2.75) is 26.1 Å². The minimum absolute atomic E-state index is 0.198. The molecule has 8 nitrogen and oxygen atoms in total. The molecule has 0 spiro atoms. The number of benzene rings is 3. The summed E-state index contributed by atoms with van der Waals surface area (Å²) in [5.41, 5.74) is 17.8. The first kappa shape index (κ1) is 24.3. The van der Waals surface area contributed by atoms with Gasteiger partial charge in [-0.25, -0.2) is 0 Å². The molecule has 1 atom stereocenters. The lowest BCUT2D eigenvalue weighted by molar-refractivity contribution is 0.583. The molecule has 190 valence electrons. The van der Waals surface area contributed by atoms with Gasteiger partial charge in [0.15, 0.2) is 0 Å². The first-order valence-electron chi connectivity index (χ1n) is 12.1. The molecule has 0 amide bonds. The second-order valence-corrected chi connectivity index (χ2v) is 10.1. The predicted octanol–water partition coefficient (Wildman–Crippen LogP) is 5.68. The highest BCUT2D eigenvalue weighted by Gasteiger charge is 2.23. The Labute approximate surface area is 230 Å². The van der Waals surface area contributed by atoms with Crippen LogP contribution in [0.3, 0.4) is 0 Å². The van der Waals surface area contributed by atoms with Crippen molar-refractivity contribution in [2.24, 2.45) is 0 Å². The van der Waals surface area contributed by atoms with E-state index in [9.17, 15) is 5.26 Å². The molecule has 3 aromatic carbocycles. The fraction of sp³-hybridized carbons (Fsp3) is 0.143. The number of aryl methyl sites for hydroxylation is 1. The average molecular weight is 543 g/mol. The van der Waals surface area contributed by atoms with Crippen LogP contribution in [0.25, 0.3) is 10.9 Å². The topological polar surface area (TPSA) is 109 Å². The first-order valence-corrected chi connectivity index (χ1v) is 12.9. The van der Waals surface area contributed by atoms with Gasteiger partial charge < -0.3 is 26.8 Å². The van der Waals surface area contributed by atoms with Crippen molar-refractivity contribution in [1.29, 1.82) is 5.26 Å². The van der Waals surface area contributed by atoms with Crippen molar-refractivity contribution in [2.75, 3.05) is 10.6 Å². The highest BCUT2D eigenvalue weighted by Crippen LogP contribution is 2.37. The second-order valence-electron chi connectivity index (χ2n) is 9.30. The summed E-state index contributed by atoms with van der Waals surface area (Å²) in [6.45, 7) is 3.68. The van der Waals surface area contributed by atoms with Crippen molar-refractivity contribution in [3.8, 4) is 6.07 Å². The smallest absolute Gasteiger partial charge is 0.103 e. The maximum atomic E-state index is 9.87. The van der Waals surface area contributed by atoms with Crippen molar-refractivity contribution >= 4 is 51.2 Å². The molecule has 0 bridgehead atoms. The van der Waals surface area contributed by atoms with Crippen LogP contribution in [0.5, 0.6) is 0 Å². The molecule has 0 unspecified atom stereocenters. The Morgan fingerprint density at radius 2 is 1.84 bits per heavy atom. The van der Waals surface area contributed by atoms with Crippen LogP contribution in [-0.4, -0.2) is 4.98 Å². The molecule has 0 saturated heterocycles. The number of pyridine rings is 1. The van der Waals surface area contributed by atoms with Gasteiger partial charge in [-0.1, -0.05) is 47.5 Å². The van der Waals surface area contributed by atoms with Crippen LogP contribution in [0.4, 0.5) is 17.1 Å². The van der Waals surface area contributed by atoms with Crippen molar-refractivity contribution < 1.29 is 0 Å². The highest BCUT2D eigenvalue weighted by molar-refractivity contribution is 6.36. The van der Waals surface area contributed by atoms with E-state index in [0.717, 1.165) is 46.7 Å². The number of nitriles is 1. The summed E-state index contributed by atoms with van der Waals surface area (Å²) in [7, 11) is 0. The maximum Gasteiger partial charge on any atom is 0.103 e. The molecular formula is C28H24Cl2N8. The monoisotopic (exact) mass is 542 g/mol. The number of aromatic nitrogens is 1. The van der Waals surface area contributed by atoms with E-state index >= 15 is 0 Å². The molecule has 2 aliphatic heterocycles. The number of hydrazine groups is 2. The van der Waals surface area contributed by atoms with Gasteiger partial charge in [0.25, 0.3) is 0 Å². The van der Waals surface area contributed by atoms with E-state index in [1.165, 1.54) is 17.3 Å². The van der Waals surface area contributed by atoms with Gasteiger partial charge in [-0.15, -0.1) is 0 Å². The van der Waals surface area contributed by atoms with Gasteiger partial charge in [0, 0.05) is 47.3 Å². The van der Waals surface area contributed by atoms with Gasteiger partial charge in [-0.3, -0.25) is 4.98 Å². The van der Waals surface area contributed by atoms with E-state index in [-0.39, 0.29) is 6.04 Å². The molecular weight excluding hydrogens is 519 g/mol. The Morgan fingerprint density at radius 3 is 2.63 bits per heavy atom. The van der Waals surface area contributed by atoms with Gasteiger partial charge in [-0.05, 0) is 53.4 Å². The molecule has 6 rings (SSSR count). The molecule has 3 heterocycles. The largest absolute Gasteiger partial charge is 0.373 e. The van der Waals surface area contributed by atoms with E-state index in [0.29, 0.717) is 26.8 Å². The number of hydrogen-bond donors (Lipinski definition) is 6. The van der Waals surface area contributed by atoms with Crippen molar-refractivity contribution in [3.63, 3.8) is 0 Å². The quantitative estimate of drug-likeness (QED) is 0.185. The van der Waals surface area contributed by atoms with Gasteiger partial charge in [0.2, 0.25) is 0 Å². The van der Waals surface area contributed by atoms with Gasteiger partial charge in [0.05, 0.1) is 33.5 Å². The summed E-state index contributed by atoms with van der Waals surface area (Å²) in [4.78, 5) is 4.48. The fourth-order valence-corrected chi connectivity index (χ4v) is 5.24. The third-order valence-electron chi connectivity index (χ3n) is 6.81. The summed E-state index contributed by atoms with van der Waals surface area (Å²) in [5, 5.41) is 22.1. The Balaban J connectivity index is 1.43. The Morgan fingerprint density at radius 1 is 1.00 bits per heavy atom. The minimum Gasteiger partial charge on any atom is -0.373 e. The zero-order valence-electron chi connectivity index (χ0n) is 20.4. The Bertz CT molecular complexity index is 1640. The van der Waals surface area contributed by atoms with Crippen molar-refractivity contribution in [1.82, 2.24) is 26.7 Å². The molecule has 6 N–H and O–H groups in total. The van der Waals surface area contributed by atoms with E-state index in [1.807, 2.05) is 43.5 Å². The number of halogens is 2. The van der Waals surface area contributed by atoms with Crippen LogP contribution < -0.4 is 32.3 Å². The summed E-state index contributed by atoms with van der Waals surface area (Å²) in [6, 6.07) is 18.1. The van der Waals surface area contributed by atoms with Gasteiger partial charge >= 0.3 is 0 Å². The van der Waals surface area contributed by atoms with Crippen LogP contribution in [0, 0.1) is 18.3 Å². The lowest BCUT2D eigenvalue weighted by Gasteiger charge is -2.23. The number of hydrogen-bond acceptors (Lipinski definition) is 8. The van der Waals surface area contributed by atoms with Crippen LogP contribution in [0.2, 0.25) is 10.0 Å². The van der Waals surface area contributed by atoms with Crippen LogP contribution in [0.15, 0.2) is 66.6 Å². The predicted molar refractivity (Wildman–Crippen MR) is 152 cm³/mol. The third-order valence-corrected chi connectivity index (χ3v) is 7.51. The number of fused-ring (bicyclic) bond motifs is 2. The Kier molecular flexibility index (Phi) is 6.44. The van der Waals surface area contributed by atoms with Gasteiger partial charge in [-0.2, -0.15) is 10.8 Å². The second kappa shape index (κ2) is 10.0. The van der Waals surface area contributed by atoms with E-state index in [2.05, 4.69) is 61.6 Å². The molecule has 0 aliphatic carbocycles. The average Bonchev–Trinajstić information content (AvgIpc) is 3.62. The van der Waals surface area contributed by atoms with Crippen LogP contribution in [-0.2, 0) is 13.1 Å². The molecule has 1 aromatic heterocycles. The zero-order valence-corrected chi connectivity index (χ0v) is 21.9. The maximum absolute atomic E-state index is 9.87. The summed E-state index contributed by atoms with van der Waals surface area (Å²) < 4.78 is 0. The SMILES string of the molecule is Cc1ccc(Nc2c(C#N)cnc3c(Cl)cc(N[C@H](C4=CNNN4)c4ccc5c(c4)CNC5)cc23)cc1Cl. The van der Waals surface area contributed by atoms with E-state index in [4.69, 9.17) is 23.2 Å². The first-order chi connectivity index (χ1) is 18.5. The lowest BCUT2D eigenvalue weighted by atomic mass is 9.98. The normalized spacial score (nSPS) is 14.7. The minimum atomic E-state index is -0.198. The van der Waals surface area contributed by atoms with E-state index in [1.54, 1.807) is 0 Å². The number of rotatable bonds is 6. The molecule has 4 aromatic rings. The molecule has 38 heavy (non-hydrogen) atoms. The van der Waals surface area contributed by atoms with Crippen molar-refractivity contribution in [3.05, 3.63) is 104 Å². The lowest BCUT2D eigenvalue weighted by Crippen LogP contribution is -2.33. The highest BCUT2D eigenvalue weighted by atomic mass is 35.5. The van der Waals surface area contributed by atoms with Crippen LogP contribution in [0.1, 0.15) is 33.9 Å². The fourth-order valence-electron chi connectivity index (χ4n) is 4.79. The number of nitrogens with zero attached hydrogens (tertiary/aromatic N) is 2. The molecule has 10 heteroatoms. The van der Waals surface area contributed by atoms with E-state index < -0.39 is 0 Å². The zero-order chi connectivity index (χ0) is 26.2. The Hall–Kier alpha value is -4.00. The molecule has 0 fully saturated rings. The number of anilines is 3. The standard InChI is InChI=1S/C28H24Cl2N8/c1-15-2-5-20(8-23(15)29)35-26-19(10-31)13-33-28-22(26)7-21(9-24(28)30)36-27(25-14-34-38-37-25)16-3-4-17-11-32-12-18(17)6-16/h2-9,13-14,27,32,34,36-38H,11-12H2,1H3,(H,33,35)/t27-/m0/s1. The molecule has 0 saturated carbocycles. The van der Waals surface area contributed by atoms with Crippen LogP contribution >= 0.6 is 23.2 Å². The summed E-state index contributed by atoms with van der Waals surface area (Å²) in [6.07, 6.45) is 3.42. The third kappa shape index (κ3) is 4.57. The summed E-state index contributed by atoms with van der Waals surface area (Å²) >= 11 is 13.1. The summed E-state index contributed by atoms with van der Waals surface area (Å²) in [5.74, 6) is 0. The molecule has 0 radical (unpaired) electrons. The number of nitrogens with one attached hydrogen (secondary N) is 6.